The highest BCUT2D eigenvalue weighted by atomic mass is 35.5. The summed E-state index contributed by atoms with van der Waals surface area (Å²) < 4.78 is 0. The summed E-state index contributed by atoms with van der Waals surface area (Å²) in [6, 6.07) is 15.7. The average molecular weight is 429 g/mol. The van der Waals surface area contributed by atoms with Gasteiger partial charge in [-0.2, -0.15) is 0 Å². The largest absolute Gasteiger partial charge is 0.320 e. The predicted molar refractivity (Wildman–Crippen MR) is 120 cm³/mol. The van der Waals surface area contributed by atoms with Crippen molar-refractivity contribution in [3.05, 3.63) is 74.7 Å². The molecule has 0 aliphatic heterocycles. The fourth-order valence-corrected chi connectivity index (χ4v) is 3.78. The quantitative estimate of drug-likeness (QED) is 0.573. The Morgan fingerprint density at radius 1 is 1.03 bits per heavy atom. The molecule has 3 rings (SSSR count). The lowest BCUT2D eigenvalue weighted by atomic mass is 9.87. The molecule has 1 amide bonds. The molecule has 0 unspecified atom stereocenters. The van der Waals surface area contributed by atoms with Crippen LogP contribution in [0.3, 0.4) is 0 Å². The van der Waals surface area contributed by atoms with Crippen LogP contribution in [-0.2, 0) is 18.5 Å². The normalized spacial score (nSPS) is 11.7. The Hall–Kier alpha value is -2.28. The molecule has 7 heteroatoms. The molecule has 2 aromatic carbocycles. The summed E-state index contributed by atoms with van der Waals surface area (Å²) in [5.41, 5.74) is 3.39. The third kappa shape index (κ3) is 6.10. The number of hydrogen-bond donors (Lipinski definition) is 1. The molecule has 0 fully saturated rings. The highest BCUT2D eigenvalue weighted by Crippen LogP contribution is 2.23. The van der Waals surface area contributed by atoms with Gasteiger partial charge in [0, 0.05) is 17.3 Å². The molecule has 29 heavy (non-hydrogen) atoms. The SMILES string of the molecule is CN(Cc1ccc(C(C)(C)C)cc1)Cc1nnc(C(=O)Nc2ccc(Cl)cc2)s1. The van der Waals surface area contributed by atoms with E-state index in [0.717, 1.165) is 11.6 Å². The van der Waals surface area contributed by atoms with Gasteiger partial charge in [0.2, 0.25) is 5.01 Å². The first kappa shape index (κ1) is 21.4. The van der Waals surface area contributed by atoms with E-state index in [2.05, 4.69) is 65.5 Å². The summed E-state index contributed by atoms with van der Waals surface area (Å²) in [6.07, 6.45) is 0. The van der Waals surface area contributed by atoms with Gasteiger partial charge in [0.15, 0.2) is 0 Å². The number of hydrogen-bond acceptors (Lipinski definition) is 5. The minimum absolute atomic E-state index is 0.153. The Morgan fingerprint density at radius 2 is 1.69 bits per heavy atom. The maximum Gasteiger partial charge on any atom is 0.286 e. The molecule has 3 aromatic rings. The summed E-state index contributed by atoms with van der Waals surface area (Å²) >= 11 is 7.17. The van der Waals surface area contributed by atoms with Crippen LogP contribution in [0.25, 0.3) is 0 Å². The first-order chi connectivity index (χ1) is 13.7. The third-order valence-corrected chi connectivity index (χ3v) is 5.60. The number of rotatable bonds is 6. The van der Waals surface area contributed by atoms with Crippen molar-refractivity contribution in [2.24, 2.45) is 0 Å². The van der Waals surface area contributed by atoms with Crippen molar-refractivity contribution in [1.29, 1.82) is 0 Å². The number of aromatic nitrogens is 2. The van der Waals surface area contributed by atoms with Crippen molar-refractivity contribution >= 4 is 34.5 Å². The van der Waals surface area contributed by atoms with Crippen LogP contribution < -0.4 is 5.32 Å². The molecule has 152 valence electrons. The molecule has 0 aliphatic carbocycles. The van der Waals surface area contributed by atoms with E-state index in [9.17, 15) is 4.79 Å². The smallest absolute Gasteiger partial charge is 0.286 e. The lowest BCUT2D eigenvalue weighted by Gasteiger charge is -2.20. The Labute approximate surface area is 180 Å². The molecule has 0 atom stereocenters. The van der Waals surface area contributed by atoms with Crippen molar-refractivity contribution in [3.8, 4) is 0 Å². The summed E-state index contributed by atoms with van der Waals surface area (Å²) in [7, 11) is 2.03. The van der Waals surface area contributed by atoms with Crippen molar-refractivity contribution in [1.82, 2.24) is 15.1 Å². The molecule has 0 saturated carbocycles. The zero-order valence-electron chi connectivity index (χ0n) is 17.1. The van der Waals surface area contributed by atoms with E-state index in [1.807, 2.05) is 7.05 Å². The van der Waals surface area contributed by atoms with E-state index < -0.39 is 0 Å². The van der Waals surface area contributed by atoms with E-state index in [-0.39, 0.29) is 11.3 Å². The van der Waals surface area contributed by atoms with Crippen LogP contribution in [0, 0.1) is 0 Å². The molecule has 0 radical (unpaired) electrons. The fraction of sp³-hybridized carbons (Fsp3) is 0.318. The highest BCUT2D eigenvalue weighted by Gasteiger charge is 2.15. The molecule has 1 aromatic heterocycles. The zero-order chi connectivity index (χ0) is 21.0. The van der Waals surface area contributed by atoms with Crippen LogP contribution in [-0.4, -0.2) is 28.1 Å². The van der Waals surface area contributed by atoms with E-state index >= 15 is 0 Å². The molecule has 0 aliphatic rings. The second-order valence-electron chi connectivity index (χ2n) is 8.08. The maximum absolute atomic E-state index is 12.4. The van der Waals surface area contributed by atoms with Crippen molar-refractivity contribution in [3.63, 3.8) is 0 Å². The number of anilines is 1. The van der Waals surface area contributed by atoms with Crippen LogP contribution in [0.15, 0.2) is 48.5 Å². The van der Waals surface area contributed by atoms with Crippen LogP contribution >= 0.6 is 22.9 Å². The minimum atomic E-state index is -0.267. The lowest BCUT2D eigenvalue weighted by Crippen LogP contribution is -2.17. The Morgan fingerprint density at radius 3 is 2.31 bits per heavy atom. The van der Waals surface area contributed by atoms with Crippen molar-refractivity contribution in [2.75, 3.05) is 12.4 Å². The number of carbonyl (C=O) groups is 1. The second kappa shape index (κ2) is 9.03. The number of halogens is 1. The Balaban J connectivity index is 1.56. The van der Waals surface area contributed by atoms with Crippen LogP contribution in [0.4, 0.5) is 5.69 Å². The minimum Gasteiger partial charge on any atom is -0.320 e. The number of carbonyl (C=O) groups excluding carboxylic acids is 1. The topological polar surface area (TPSA) is 58.1 Å². The zero-order valence-corrected chi connectivity index (χ0v) is 18.6. The van der Waals surface area contributed by atoms with Gasteiger partial charge in [-0.1, -0.05) is 68.0 Å². The first-order valence-electron chi connectivity index (χ1n) is 9.38. The van der Waals surface area contributed by atoms with E-state index in [1.54, 1.807) is 24.3 Å². The van der Waals surface area contributed by atoms with Gasteiger partial charge in [-0.15, -0.1) is 10.2 Å². The van der Waals surface area contributed by atoms with E-state index in [0.29, 0.717) is 22.3 Å². The fourth-order valence-electron chi connectivity index (χ4n) is 2.84. The number of amides is 1. The maximum atomic E-state index is 12.4. The van der Waals surface area contributed by atoms with E-state index in [4.69, 9.17) is 11.6 Å². The lowest BCUT2D eigenvalue weighted by molar-refractivity contribution is 0.102. The molecule has 1 N–H and O–H groups in total. The summed E-state index contributed by atoms with van der Waals surface area (Å²) in [4.78, 5) is 14.5. The monoisotopic (exact) mass is 428 g/mol. The first-order valence-corrected chi connectivity index (χ1v) is 10.6. The molecular formula is C22H25ClN4OS. The third-order valence-electron chi connectivity index (χ3n) is 4.44. The van der Waals surface area contributed by atoms with Gasteiger partial charge >= 0.3 is 0 Å². The van der Waals surface area contributed by atoms with Crippen molar-refractivity contribution < 1.29 is 4.79 Å². The standard InChI is InChI=1S/C22H25ClN4OS/c1-22(2,3)16-7-5-15(6-8-16)13-27(4)14-19-25-26-21(29-19)20(28)24-18-11-9-17(23)10-12-18/h5-12H,13-14H2,1-4H3,(H,24,28). The van der Waals surface area contributed by atoms with Crippen LogP contribution in [0.1, 0.15) is 46.7 Å². The van der Waals surface area contributed by atoms with Gasteiger partial charge < -0.3 is 5.32 Å². The van der Waals surface area contributed by atoms with Gasteiger partial charge in [-0.05, 0) is 47.9 Å². The van der Waals surface area contributed by atoms with E-state index in [1.165, 1.54) is 22.5 Å². The molecule has 1 heterocycles. The summed E-state index contributed by atoms with van der Waals surface area (Å²) in [5.74, 6) is -0.267. The Kier molecular flexibility index (Phi) is 6.67. The molecule has 0 saturated heterocycles. The number of nitrogens with one attached hydrogen (secondary N) is 1. The summed E-state index contributed by atoms with van der Waals surface area (Å²) in [5, 5.41) is 12.8. The highest BCUT2D eigenvalue weighted by molar-refractivity contribution is 7.13. The predicted octanol–water partition coefficient (Wildman–Crippen LogP) is 5.37. The van der Waals surface area contributed by atoms with Gasteiger partial charge in [0.05, 0.1) is 6.54 Å². The molecule has 0 bridgehead atoms. The van der Waals surface area contributed by atoms with Crippen molar-refractivity contribution in [2.45, 2.75) is 39.3 Å². The molecule has 5 nitrogen and oxygen atoms in total. The number of benzene rings is 2. The van der Waals surface area contributed by atoms with Crippen LogP contribution in [0.5, 0.6) is 0 Å². The summed E-state index contributed by atoms with van der Waals surface area (Å²) in [6.45, 7) is 8.07. The van der Waals surface area contributed by atoms with Gasteiger partial charge in [0.25, 0.3) is 5.91 Å². The molecule has 0 spiro atoms. The van der Waals surface area contributed by atoms with Crippen LogP contribution in [0.2, 0.25) is 5.02 Å². The molecular weight excluding hydrogens is 404 g/mol. The second-order valence-corrected chi connectivity index (χ2v) is 9.58. The number of nitrogens with zero attached hydrogens (tertiary/aromatic N) is 3. The average Bonchev–Trinajstić information content (AvgIpc) is 3.12. The van der Waals surface area contributed by atoms with Gasteiger partial charge in [-0.3, -0.25) is 9.69 Å². The van der Waals surface area contributed by atoms with Gasteiger partial charge in [-0.25, -0.2) is 0 Å². The Bertz CT molecular complexity index is 962. The van der Waals surface area contributed by atoms with Gasteiger partial charge in [0.1, 0.15) is 5.01 Å².